The second-order valence-electron chi connectivity index (χ2n) is 5.74. The maximum atomic E-state index is 12.4. The van der Waals surface area contributed by atoms with Gasteiger partial charge in [0.05, 0.1) is 18.0 Å². The molecule has 0 spiro atoms. The number of halogens is 1. The highest BCUT2D eigenvalue weighted by molar-refractivity contribution is 8.02. The van der Waals surface area contributed by atoms with E-state index in [1.807, 2.05) is 6.92 Å². The number of aromatic nitrogens is 2. The van der Waals surface area contributed by atoms with Gasteiger partial charge in [-0.3, -0.25) is 4.79 Å². The number of methoxy groups -OCH3 is 1. The maximum Gasteiger partial charge on any atom is 0.237 e. The second kappa shape index (κ2) is 9.26. The zero-order chi connectivity index (χ0) is 18.4. The van der Waals surface area contributed by atoms with Crippen LogP contribution in [-0.4, -0.2) is 35.0 Å². The second-order valence-corrected chi connectivity index (χ2v) is 8.74. The monoisotopic (exact) mass is 400 g/mol. The van der Waals surface area contributed by atoms with E-state index in [0.717, 1.165) is 16.0 Å². The highest BCUT2D eigenvalue weighted by atomic mass is 35.5. The van der Waals surface area contributed by atoms with Crippen LogP contribution in [0, 0.1) is 5.92 Å². The minimum Gasteiger partial charge on any atom is -0.495 e. The van der Waals surface area contributed by atoms with Crippen molar-refractivity contribution in [2.75, 3.05) is 24.3 Å². The standard InChI is InChI=1S/C16H21ClN4O2S2/c1-9(2)8-18-15-20-21-16(25-15)24-10(3)14(22)19-12-7-11(17)5-6-13(12)23-4/h5-7,9-10H,8H2,1-4H3,(H,18,20)(H,19,22)/t10-/m0/s1. The van der Waals surface area contributed by atoms with Crippen molar-refractivity contribution in [1.29, 1.82) is 0 Å². The Kier molecular flexibility index (Phi) is 7.34. The molecule has 1 amide bonds. The molecule has 0 unspecified atom stereocenters. The van der Waals surface area contributed by atoms with Gasteiger partial charge in [0.2, 0.25) is 11.0 Å². The van der Waals surface area contributed by atoms with Crippen LogP contribution in [-0.2, 0) is 4.79 Å². The molecule has 136 valence electrons. The van der Waals surface area contributed by atoms with Gasteiger partial charge >= 0.3 is 0 Å². The summed E-state index contributed by atoms with van der Waals surface area (Å²) in [4.78, 5) is 12.4. The molecule has 9 heteroatoms. The summed E-state index contributed by atoms with van der Waals surface area (Å²) in [6.07, 6.45) is 0. The van der Waals surface area contributed by atoms with Crippen LogP contribution >= 0.6 is 34.7 Å². The number of thioether (sulfide) groups is 1. The van der Waals surface area contributed by atoms with Crippen LogP contribution in [0.4, 0.5) is 10.8 Å². The highest BCUT2D eigenvalue weighted by Gasteiger charge is 2.19. The van der Waals surface area contributed by atoms with Crippen LogP contribution in [0.3, 0.4) is 0 Å². The molecule has 1 aromatic carbocycles. The van der Waals surface area contributed by atoms with Crippen molar-refractivity contribution < 1.29 is 9.53 Å². The molecule has 6 nitrogen and oxygen atoms in total. The third kappa shape index (κ3) is 6.05. The van der Waals surface area contributed by atoms with Gasteiger partial charge < -0.3 is 15.4 Å². The molecule has 2 N–H and O–H groups in total. The number of hydrogen-bond donors (Lipinski definition) is 2. The van der Waals surface area contributed by atoms with Crippen LogP contribution < -0.4 is 15.4 Å². The Morgan fingerprint density at radius 2 is 2.12 bits per heavy atom. The molecule has 0 saturated heterocycles. The van der Waals surface area contributed by atoms with Crippen LogP contribution in [0.1, 0.15) is 20.8 Å². The quantitative estimate of drug-likeness (QED) is 0.640. The summed E-state index contributed by atoms with van der Waals surface area (Å²) in [6, 6.07) is 5.09. The smallest absolute Gasteiger partial charge is 0.237 e. The third-order valence-electron chi connectivity index (χ3n) is 3.13. The van der Waals surface area contributed by atoms with Crippen LogP contribution in [0.15, 0.2) is 22.5 Å². The van der Waals surface area contributed by atoms with E-state index in [-0.39, 0.29) is 11.2 Å². The topological polar surface area (TPSA) is 76.1 Å². The van der Waals surface area contributed by atoms with Gasteiger partial charge in [-0.2, -0.15) is 0 Å². The molecule has 1 aromatic heterocycles. The Bertz CT molecular complexity index is 724. The van der Waals surface area contributed by atoms with Crippen molar-refractivity contribution in [2.24, 2.45) is 5.92 Å². The summed E-state index contributed by atoms with van der Waals surface area (Å²) in [7, 11) is 1.55. The van der Waals surface area contributed by atoms with Gasteiger partial charge in [-0.05, 0) is 31.0 Å². The van der Waals surface area contributed by atoms with Gasteiger partial charge in [0.1, 0.15) is 5.75 Å². The van der Waals surface area contributed by atoms with Crippen molar-refractivity contribution in [3.05, 3.63) is 23.2 Å². The van der Waals surface area contributed by atoms with Crippen molar-refractivity contribution in [3.63, 3.8) is 0 Å². The van der Waals surface area contributed by atoms with E-state index in [1.54, 1.807) is 25.3 Å². The van der Waals surface area contributed by atoms with Crippen molar-refractivity contribution in [1.82, 2.24) is 10.2 Å². The number of amides is 1. The SMILES string of the molecule is COc1ccc(Cl)cc1NC(=O)[C@H](C)Sc1nnc(NCC(C)C)s1. The number of anilines is 2. The van der Waals surface area contributed by atoms with Crippen molar-refractivity contribution in [3.8, 4) is 5.75 Å². The van der Waals surface area contributed by atoms with Gasteiger partial charge in [-0.15, -0.1) is 10.2 Å². The molecular formula is C16H21ClN4O2S2. The Labute approximate surface area is 160 Å². The normalized spacial score (nSPS) is 12.1. The predicted octanol–water partition coefficient (Wildman–Crippen LogP) is 4.39. The molecule has 2 rings (SSSR count). The lowest BCUT2D eigenvalue weighted by molar-refractivity contribution is -0.115. The summed E-state index contributed by atoms with van der Waals surface area (Å²) in [6.45, 7) is 6.91. The Morgan fingerprint density at radius 3 is 2.80 bits per heavy atom. The van der Waals surface area contributed by atoms with Gasteiger partial charge in [0, 0.05) is 11.6 Å². The Hall–Kier alpha value is -1.51. The lowest BCUT2D eigenvalue weighted by atomic mass is 10.2. The van der Waals surface area contributed by atoms with Crippen LogP contribution in [0.5, 0.6) is 5.75 Å². The molecule has 25 heavy (non-hydrogen) atoms. The van der Waals surface area contributed by atoms with Crippen LogP contribution in [0.2, 0.25) is 5.02 Å². The average molecular weight is 401 g/mol. The summed E-state index contributed by atoms with van der Waals surface area (Å²) in [5, 5.41) is 15.2. The molecule has 2 aromatic rings. The fourth-order valence-corrected chi connectivity index (χ4v) is 3.91. The van der Waals surface area contributed by atoms with Crippen molar-refractivity contribution >= 4 is 51.4 Å². The number of benzene rings is 1. The van der Waals surface area contributed by atoms with E-state index in [0.29, 0.717) is 22.4 Å². The first-order chi connectivity index (χ1) is 11.9. The minimum atomic E-state index is -0.338. The van der Waals surface area contributed by atoms with Gasteiger partial charge in [0.25, 0.3) is 0 Å². The van der Waals surface area contributed by atoms with E-state index in [9.17, 15) is 4.79 Å². The first-order valence-electron chi connectivity index (χ1n) is 7.77. The molecule has 0 fully saturated rings. The van der Waals surface area contributed by atoms with Gasteiger partial charge in [0.15, 0.2) is 4.34 Å². The molecule has 0 radical (unpaired) electrons. The maximum absolute atomic E-state index is 12.4. The molecule has 1 atom stereocenters. The Balaban J connectivity index is 1.95. The van der Waals surface area contributed by atoms with Crippen molar-refractivity contribution in [2.45, 2.75) is 30.4 Å². The first-order valence-corrected chi connectivity index (χ1v) is 9.85. The largest absolute Gasteiger partial charge is 0.495 e. The number of carbonyl (C=O) groups is 1. The van der Waals surface area contributed by atoms with Gasteiger partial charge in [-0.25, -0.2) is 0 Å². The van der Waals surface area contributed by atoms with E-state index < -0.39 is 0 Å². The number of rotatable bonds is 8. The fraction of sp³-hybridized carbons (Fsp3) is 0.438. The molecular weight excluding hydrogens is 380 g/mol. The molecule has 0 aliphatic carbocycles. The lowest BCUT2D eigenvalue weighted by Crippen LogP contribution is -2.22. The number of carbonyl (C=O) groups excluding carboxylic acids is 1. The number of nitrogens with one attached hydrogen (secondary N) is 2. The number of hydrogen-bond acceptors (Lipinski definition) is 7. The molecule has 0 saturated carbocycles. The Morgan fingerprint density at radius 1 is 1.36 bits per heavy atom. The van der Waals surface area contributed by atoms with E-state index in [1.165, 1.54) is 23.1 Å². The summed E-state index contributed by atoms with van der Waals surface area (Å²) in [5.74, 6) is 0.931. The molecule has 0 aliphatic heterocycles. The lowest BCUT2D eigenvalue weighted by Gasteiger charge is -2.13. The molecule has 0 bridgehead atoms. The van der Waals surface area contributed by atoms with E-state index in [2.05, 4.69) is 34.7 Å². The predicted molar refractivity (Wildman–Crippen MR) is 105 cm³/mol. The summed E-state index contributed by atoms with van der Waals surface area (Å²) in [5.41, 5.74) is 0.545. The molecule has 0 aliphatic rings. The molecule has 1 heterocycles. The number of ether oxygens (including phenoxy) is 1. The van der Waals surface area contributed by atoms with Crippen LogP contribution in [0.25, 0.3) is 0 Å². The zero-order valence-corrected chi connectivity index (χ0v) is 16.9. The summed E-state index contributed by atoms with van der Waals surface area (Å²) < 4.78 is 5.98. The van der Waals surface area contributed by atoms with Gasteiger partial charge in [-0.1, -0.05) is 48.5 Å². The fourth-order valence-electron chi connectivity index (χ4n) is 1.84. The zero-order valence-electron chi connectivity index (χ0n) is 14.5. The highest BCUT2D eigenvalue weighted by Crippen LogP contribution is 2.31. The van der Waals surface area contributed by atoms with E-state index in [4.69, 9.17) is 16.3 Å². The average Bonchev–Trinajstić information content (AvgIpc) is 3.00. The van der Waals surface area contributed by atoms with E-state index >= 15 is 0 Å². The first kappa shape index (κ1) is 19.8. The summed E-state index contributed by atoms with van der Waals surface area (Å²) >= 11 is 8.79. The number of nitrogens with zero attached hydrogens (tertiary/aromatic N) is 2. The minimum absolute atomic E-state index is 0.155. The third-order valence-corrected chi connectivity index (χ3v) is 5.43.